The van der Waals surface area contributed by atoms with E-state index in [1.807, 2.05) is 18.2 Å². The van der Waals surface area contributed by atoms with Gasteiger partial charge in [0, 0.05) is 11.1 Å². The lowest BCUT2D eigenvalue weighted by Crippen LogP contribution is -2.02. The molecule has 0 radical (unpaired) electrons. The van der Waals surface area contributed by atoms with Crippen molar-refractivity contribution in [3.8, 4) is 0 Å². The lowest BCUT2D eigenvalue weighted by atomic mass is 10.3. The third-order valence-corrected chi connectivity index (χ3v) is 4.52. The summed E-state index contributed by atoms with van der Waals surface area (Å²) in [6, 6.07) is 6.06. The molecule has 1 fully saturated rings. The van der Waals surface area contributed by atoms with Crippen molar-refractivity contribution in [1.82, 2.24) is 9.55 Å². The minimum absolute atomic E-state index is 0.0259. The smallest absolute Gasteiger partial charge is 0.313 e. The van der Waals surface area contributed by atoms with Crippen LogP contribution in [0.15, 0.2) is 23.4 Å². The van der Waals surface area contributed by atoms with E-state index in [4.69, 9.17) is 16.7 Å². The van der Waals surface area contributed by atoms with E-state index in [-0.39, 0.29) is 5.75 Å². The van der Waals surface area contributed by atoms with Gasteiger partial charge in [-0.2, -0.15) is 0 Å². The molecule has 2 unspecified atom stereocenters. The van der Waals surface area contributed by atoms with E-state index < -0.39 is 5.97 Å². The molecule has 0 saturated heterocycles. The summed E-state index contributed by atoms with van der Waals surface area (Å²) in [6.07, 6.45) is 1.12. The van der Waals surface area contributed by atoms with Crippen molar-refractivity contribution < 1.29 is 9.90 Å². The number of benzene rings is 1. The summed E-state index contributed by atoms with van der Waals surface area (Å²) in [5.74, 6) is -0.180. The van der Waals surface area contributed by atoms with Crippen LogP contribution in [0.4, 0.5) is 0 Å². The van der Waals surface area contributed by atoms with Crippen LogP contribution in [-0.4, -0.2) is 26.4 Å². The lowest BCUT2D eigenvalue weighted by Gasteiger charge is -2.06. The fourth-order valence-corrected chi connectivity index (χ4v) is 3.22. The maximum absolute atomic E-state index is 10.7. The molecule has 1 saturated carbocycles. The van der Waals surface area contributed by atoms with Crippen LogP contribution in [0.2, 0.25) is 5.02 Å². The molecule has 0 spiro atoms. The molecular formula is C13H13ClN2O2S. The van der Waals surface area contributed by atoms with Crippen LogP contribution in [0.5, 0.6) is 0 Å². The Bertz CT molecular complexity index is 655. The topological polar surface area (TPSA) is 55.1 Å². The summed E-state index contributed by atoms with van der Waals surface area (Å²) in [5.41, 5.74) is 1.87. The van der Waals surface area contributed by atoms with Crippen LogP contribution in [0, 0.1) is 5.92 Å². The zero-order chi connectivity index (χ0) is 13.6. The standard InChI is InChI=1S/C13H13ClN2O2S/c1-7-4-11(7)16-10-3-2-8(14)5-9(10)15-13(16)19-6-12(17)18/h2-3,5,7,11H,4,6H2,1H3,(H,17,18). The molecule has 0 bridgehead atoms. The van der Waals surface area contributed by atoms with Crippen molar-refractivity contribution in [3.05, 3.63) is 23.2 Å². The predicted octanol–water partition coefficient (Wildman–Crippen LogP) is 3.45. The summed E-state index contributed by atoms with van der Waals surface area (Å²) in [5, 5.41) is 10.2. The first kappa shape index (κ1) is 12.8. The first-order chi connectivity index (χ1) is 9.06. The molecule has 0 aliphatic heterocycles. The van der Waals surface area contributed by atoms with Gasteiger partial charge >= 0.3 is 5.97 Å². The van der Waals surface area contributed by atoms with Gasteiger partial charge in [0.15, 0.2) is 5.16 Å². The minimum atomic E-state index is -0.828. The molecule has 1 aliphatic carbocycles. The predicted molar refractivity (Wildman–Crippen MR) is 75.9 cm³/mol. The average molecular weight is 297 g/mol. The molecule has 1 N–H and O–H groups in total. The first-order valence-corrected chi connectivity index (χ1v) is 7.44. The van der Waals surface area contributed by atoms with Crippen LogP contribution < -0.4 is 0 Å². The highest BCUT2D eigenvalue weighted by Crippen LogP contribution is 2.46. The second kappa shape index (κ2) is 4.72. The zero-order valence-electron chi connectivity index (χ0n) is 10.3. The number of fused-ring (bicyclic) bond motifs is 1. The molecule has 3 rings (SSSR count). The van der Waals surface area contributed by atoms with Gasteiger partial charge in [-0.25, -0.2) is 4.98 Å². The molecule has 100 valence electrons. The third kappa shape index (κ3) is 2.44. The maximum atomic E-state index is 10.7. The van der Waals surface area contributed by atoms with Gasteiger partial charge in [-0.3, -0.25) is 4.79 Å². The Morgan fingerprint density at radius 1 is 1.63 bits per heavy atom. The van der Waals surface area contributed by atoms with Crippen LogP contribution in [0.25, 0.3) is 11.0 Å². The van der Waals surface area contributed by atoms with E-state index in [1.54, 1.807) is 0 Å². The van der Waals surface area contributed by atoms with Crippen LogP contribution in [0.3, 0.4) is 0 Å². The van der Waals surface area contributed by atoms with Gasteiger partial charge in [-0.05, 0) is 30.5 Å². The fourth-order valence-electron chi connectivity index (χ4n) is 2.26. The van der Waals surface area contributed by atoms with Crippen molar-refractivity contribution in [2.24, 2.45) is 5.92 Å². The molecule has 4 nitrogen and oxygen atoms in total. The highest BCUT2D eigenvalue weighted by molar-refractivity contribution is 7.99. The quantitative estimate of drug-likeness (QED) is 0.878. The number of thioether (sulfide) groups is 1. The second-order valence-corrected chi connectivity index (χ2v) is 6.24. The number of halogens is 1. The number of carboxylic acid groups (broad SMARTS) is 1. The molecule has 1 heterocycles. The van der Waals surface area contributed by atoms with E-state index in [1.165, 1.54) is 11.8 Å². The molecular weight excluding hydrogens is 284 g/mol. The van der Waals surface area contributed by atoms with Gasteiger partial charge in [0.05, 0.1) is 16.8 Å². The van der Waals surface area contributed by atoms with E-state index in [9.17, 15) is 4.79 Å². The summed E-state index contributed by atoms with van der Waals surface area (Å²) >= 11 is 7.25. The monoisotopic (exact) mass is 296 g/mol. The summed E-state index contributed by atoms with van der Waals surface area (Å²) in [4.78, 5) is 15.2. The molecule has 1 aliphatic rings. The van der Waals surface area contributed by atoms with Crippen molar-refractivity contribution in [3.63, 3.8) is 0 Å². The minimum Gasteiger partial charge on any atom is -0.481 e. The summed E-state index contributed by atoms with van der Waals surface area (Å²) < 4.78 is 2.16. The van der Waals surface area contributed by atoms with Gasteiger partial charge in [0.25, 0.3) is 0 Å². The van der Waals surface area contributed by atoms with Gasteiger partial charge < -0.3 is 9.67 Å². The highest BCUT2D eigenvalue weighted by Gasteiger charge is 2.37. The SMILES string of the molecule is CC1CC1n1c(SCC(=O)O)nc2cc(Cl)ccc21. The number of nitrogens with zero attached hydrogens (tertiary/aromatic N) is 2. The Hall–Kier alpha value is -1.20. The Labute approximate surface area is 119 Å². The summed E-state index contributed by atoms with van der Waals surface area (Å²) in [6.45, 7) is 2.19. The zero-order valence-corrected chi connectivity index (χ0v) is 11.9. The number of carbonyl (C=O) groups is 1. The van der Waals surface area contributed by atoms with E-state index in [0.717, 1.165) is 22.6 Å². The molecule has 19 heavy (non-hydrogen) atoms. The highest BCUT2D eigenvalue weighted by atomic mass is 35.5. The molecule has 0 amide bonds. The van der Waals surface area contributed by atoms with Gasteiger partial charge in [-0.15, -0.1) is 0 Å². The molecule has 1 aromatic carbocycles. The molecule has 2 atom stereocenters. The van der Waals surface area contributed by atoms with Crippen LogP contribution >= 0.6 is 23.4 Å². The third-order valence-electron chi connectivity index (χ3n) is 3.34. The molecule has 2 aromatic rings. The Morgan fingerprint density at radius 3 is 3.00 bits per heavy atom. The van der Waals surface area contributed by atoms with E-state index in [2.05, 4.69) is 16.5 Å². The Morgan fingerprint density at radius 2 is 2.37 bits per heavy atom. The van der Waals surface area contributed by atoms with Crippen molar-refractivity contribution in [2.45, 2.75) is 24.5 Å². The largest absolute Gasteiger partial charge is 0.481 e. The normalized spacial score (nSPS) is 21.8. The number of aromatic nitrogens is 2. The van der Waals surface area contributed by atoms with Crippen LogP contribution in [0.1, 0.15) is 19.4 Å². The van der Waals surface area contributed by atoms with Gasteiger partial charge in [0.2, 0.25) is 0 Å². The lowest BCUT2D eigenvalue weighted by molar-refractivity contribution is -0.133. The average Bonchev–Trinajstić information content (AvgIpc) is 2.95. The summed E-state index contributed by atoms with van der Waals surface area (Å²) in [7, 11) is 0. The van der Waals surface area contributed by atoms with E-state index >= 15 is 0 Å². The molecule has 6 heteroatoms. The second-order valence-electron chi connectivity index (χ2n) is 4.86. The number of hydrogen-bond donors (Lipinski definition) is 1. The van der Waals surface area contributed by atoms with Gasteiger partial charge in [0.1, 0.15) is 0 Å². The van der Waals surface area contributed by atoms with Crippen molar-refractivity contribution in [1.29, 1.82) is 0 Å². The Balaban J connectivity index is 2.05. The maximum Gasteiger partial charge on any atom is 0.313 e. The number of rotatable bonds is 4. The first-order valence-electron chi connectivity index (χ1n) is 6.08. The fraction of sp³-hybridized carbons (Fsp3) is 0.385. The number of carboxylic acids is 1. The number of hydrogen-bond acceptors (Lipinski definition) is 3. The number of aliphatic carboxylic acids is 1. The van der Waals surface area contributed by atoms with Crippen LogP contribution in [-0.2, 0) is 4.79 Å². The van der Waals surface area contributed by atoms with Crippen molar-refractivity contribution >= 4 is 40.4 Å². The molecule has 1 aromatic heterocycles. The van der Waals surface area contributed by atoms with Gasteiger partial charge in [-0.1, -0.05) is 30.3 Å². The van der Waals surface area contributed by atoms with Crippen molar-refractivity contribution in [2.75, 3.05) is 5.75 Å². The number of imidazole rings is 1. The Kier molecular flexibility index (Phi) is 3.19. The van der Waals surface area contributed by atoms with E-state index in [0.29, 0.717) is 17.0 Å².